The summed E-state index contributed by atoms with van der Waals surface area (Å²) in [7, 11) is 0. The molecule has 0 atom stereocenters. The lowest BCUT2D eigenvalue weighted by Crippen LogP contribution is -2.18. The van der Waals surface area contributed by atoms with E-state index in [1.807, 2.05) is 0 Å². The number of primary amides is 1. The third kappa shape index (κ3) is 2.31. The molecule has 0 saturated carbocycles. The predicted molar refractivity (Wildman–Crippen MR) is 59.4 cm³/mol. The van der Waals surface area contributed by atoms with Crippen LogP contribution in [0, 0.1) is 0 Å². The molecule has 1 aromatic carbocycles. The molecule has 0 unspecified atom stereocenters. The number of nitrogens with two attached hydrogens (primary N) is 1. The van der Waals surface area contributed by atoms with Crippen LogP contribution < -0.4 is 11.1 Å². The fourth-order valence-electron chi connectivity index (χ4n) is 1.32. The van der Waals surface area contributed by atoms with Crippen LogP contribution in [-0.4, -0.2) is 17.0 Å². The summed E-state index contributed by atoms with van der Waals surface area (Å²) in [6.45, 7) is 0. The maximum absolute atomic E-state index is 11.7. The van der Waals surface area contributed by atoms with Gasteiger partial charge in [0.1, 0.15) is 6.26 Å². The van der Waals surface area contributed by atoms with Gasteiger partial charge in [-0.05, 0) is 12.1 Å². The second kappa shape index (κ2) is 4.48. The first kappa shape index (κ1) is 10.9. The number of benzene rings is 1. The Labute approximate surface area is 96.4 Å². The minimum Gasteiger partial charge on any atom is -0.366 e. The molecule has 0 fully saturated rings. The summed E-state index contributed by atoms with van der Waals surface area (Å²) >= 11 is 0. The molecule has 6 heteroatoms. The van der Waals surface area contributed by atoms with E-state index >= 15 is 0 Å². The summed E-state index contributed by atoms with van der Waals surface area (Å²) in [5, 5.41) is 6.02. The molecule has 1 heterocycles. The summed E-state index contributed by atoms with van der Waals surface area (Å²) in [6, 6.07) is 7.87. The molecule has 2 rings (SSSR count). The molecule has 0 bridgehead atoms. The van der Waals surface area contributed by atoms with Gasteiger partial charge in [-0.15, -0.1) is 0 Å². The van der Waals surface area contributed by atoms with Gasteiger partial charge >= 0.3 is 0 Å². The van der Waals surface area contributed by atoms with E-state index in [0.29, 0.717) is 5.69 Å². The molecule has 0 radical (unpaired) electrons. The minimum absolute atomic E-state index is 0.129. The molecule has 0 saturated heterocycles. The van der Waals surface area contributed by atoms with Crippen molar-refractivity contribution in [1.29, 1.82) is 0 Å². The predicted octanol–water partition coefficient (Wildman–Crippen LogP) is 1.03. The van der Waals surface area contributed by atoms with Gasteiger partial charge in [-0.2, -0.15) is 0 Å². The standard InChI is InChI=1S/C11H9N3O3/c12-10(15)7-3-1-2-4-8(7)13-11(16)9-5-6-17-14-9/h1-6H,(H2,12,15)(H,13,16). The average Bonchev–Trinajstić information content (AvgIpc) is 2.83. The Hall–Kier alpha value is -2.63. The molecular weight excluding hydrogens is 222 g/mol. The molecule has 0 spiro atoms. The van der Waals surface area contributed by atoms with Gasteiger partial charge in [0.2, 0.25) is 0 Å². The van der Waals surface area contributed by atoms with Crippen molar-refractivity contribution >= 4 is 17.5 Å². The Balaban J connectivity index is 2.25. The quantitative estimate of drug-likeness (QED) is 0.823. The van der Waals surface area contributed by atoms with Crippen molar-refractivity contribution in [3.8, 4) is 0 Å². The van der Waals surface area contributed by atoms with Gasteiger partial charge in [-0.25, -0.2) is 0 Å². The molecule has 0 aliphatic heterocycles. The second-order valence-corrected chi connectivity index (χ2v) is 3.25. The van der Waals surface area contributed by atoms with Crippen LogP contribution in [-0.2, 0) is 0 Å². The number of amides is 2. The number of aromatic nitrogens is 1. The van der Waals surface area contributed by atoms with Gasteiger partial charge in [0, 0.05) is 6.07 Å². The maximum atomic E-state index is 11.7. The molecule has 0 aliphatic rings. The number of rotatable bonds is 3. The zero-order valence-electron chi connectivity index (χ0n) is 8.71. The van der Waals surface area contributed by atoms with Crippen molar-refractivity contribution in [3.05, 3.63) is 47.9 Å². The van der Waals surface area contributed by atoms with Crippen LogP contribution in [0.25, 0.3) is 0 Å². The van der Waals surface area contributed by atoms with Crippen LogP contribution >= 0.6 is 0 Å². The molecule has 86 valence electrons. The summed E-state index contributed by atoms with van der Waals surface area (Å²) < 4.78 is 4.55. The van der Waals surface area contributed by atoms with E-state index in [4.69, 9.17) is 5.73 Å². The van der Waals surface area contributed by atoms with Crippen LogP contribution in [0.2, 0.25) is 0 Å². The number of anilines is 1. The summed E-state index contributed by atoms with van der Waals surface area (Å²) in [6.07, 6.45) is 1.29. The number of hydrogen-bond donors (Lipinski definition) is 2. The number of nitrogens with zero attached hydrogens (tertiary/aromatic N) is 1. The summed E-state index contributed by atoms with van der Waals surface area (Å²) in [5.74, 6) is -1.08. The number of carbonyl (C=O) groups excluding carboxylic acids is 2. The fraction of sp³-hybridized carbons (Fsp3) is 0. The van der Waals surface area contributed by atoms with Crippen molar-refractivity contribution in [3.63, 3.8) is 0 Å². The summed E-state index contributed by atoms with van der Waals surface area (Å²) in [4.78, 5) is 22.8. The molecule has 6 nitrogen and oxygen atoms in total. The number of hydrogen-bond acceptors (Lipinski definition) is 4. The lowest BCUT2D eigenvalue weighted by molar-refractivity contribution is 0.100. The molecule has 2 aromatic rings. The average molecular weight is 231 g/mol. The van der Waals surface area contributed by atoms with Crippen LogP contribution in [0.4, 0.5) is 5.69 Å². The highest BCUT2D eigenvalue weighted by molar-refractivity contribution is 6.07. The highest BCUT2D eigenvalue weighted by Gasteiger charge is 2.13. The Kier molecular flexibility index (Phi) is 2.87. The Morgan fingerprint density at radius 3 is 2.65 bits per heavy atom. The van der Waals surface area contributed by atoms with Crippen LogP contribution in [0.3, 0.4) is 0 Å². The van der Waals surface area contributed by atoms with Crippen molar-refractivity contribution < 1.29 is 14.1 Å². The molecular formula is C11H9N3O3. The first-order valence-corrected chi connectivity index (χ1v) is 4.79. The zero-order chi connectivity index (χ0) is 12.3. The van der Waals surface area contributed by atoms with E-state index in [0.717, 1.165) is 0 Å². The van der Waals surface area contributed by atoms with E-state index in [1.165, 1.54) is 18.4 Å². The van der Waals surface area contributed by atoms with E-state index in [-0.39, 0.29) is 11.3 Å². The Morgan fingerprint density at radius 1 is 1.24 bits per heavy atom. The van der Waals surface area contributed by atoms with Gasteiger partial charge < -0.3 is 15.6 Å². The zero-order valence-corrected chi connectivity index (χ0v) is 8.71. The Bertz CT molecular complexity index is 549. The van der Waals surface area contributed by atoms with Crippen molar-refractivity contribution in [1.82, 2.24) is 5.16 Å². The molecule has 2 amide bonds. The number of para-hydroxylation sites is 1. The fourth-order valence-corrected chi connectivity index (χ4v) is 1.32. The highest BCUT2D eigenvalue weighted by Crippen LogP contribution is 2.15. The first-order chi connectivity index (χ1) is 8.18. The van der Waals surface area contributed by atoms with Gasteiger partial charge in [0.15, 0.2) is 5.69 Å². The topological polar surface area (TPSA) is 98.2 Å². The lowest BCUT2D eigenvalue weighted by Gasteiger charge is -2.06. The summed E-state index contributed by atoms with van der Waals surface area (Å²) in [5.41, 5.74) is 5.89. The van der Waals surface area contributed by atoms with E-state index < -0.39 is 11.8 Å². The Morgan fingerprint density at radius 2 is 2.00 bits per heavy atom. The van der Waals surface area contributed by atoms with Crippen LogP contribution in [0.5, 0.6) is 0 Å². The SMILES string of the molecule is NC(=O)c1ccccc1NC(=O)c1ccon1. The van der Waals surface area contributed by atoms with Gasteiger partial charge in [0.05, 0.1) is 11.3 Å². The third-order valence-electron chi connectivity index (χ3n) is 2.11. The van der Waals surface area contributed by atoms with Crippen LogP contribution in [0.15, 0.2) is 41.1 Å². The number of nitrogens with one attached hydrogen (secondary N) is 1. The van der Waals surface area contributed by atoms with Crippen LogP contribution in [0.1, 0.15) is 20.8 Å². The molecule has 17 heavy (non-hydrogen) atoms. The van der Waals surface area contributed by atoms with Gasteiger partial charge in [-0.1, -0.05) is 17.3 Å². The van der Waals surface area contributed by atoms with E-state index in [2.05, 4.69) is 15.0 Å². The maximum Gasteiger partial charge on any atom is 0.277 e. The highest BCUT2D eigenvalue weighted by atomic mass is 16.5. The lowest BCUT2D eigenvalue weighted by atomic mass is 10.1. The normalized spacial score (nSPS) is 9.88. The second-order valence-electron chi connectivity index (χ2n) is 3.25. The molecule has 0 aliphatic carbocycles. The third-order valence-corrected chi connectivity index (χ3v) is 2.11. The van der Waals surface area contributed by atoms with Crippen molar-refractivity contribution in [2.45, 2.75) is 0 Å². The first-order valence-electron chi connectivity index (χ1n) is 4.79. The number of carbonyl (C=O) groups is 2. The monoisotopic (exact) mass is 231 g/mol. The minimum atomic E-state index is -0.610. The van der Waals surface area contributed by atoms with E-state index in [9.17, 15) is 9.59 Å². The largest absolute Gasteiger partial charge is 0.366 e. The smallest absolute Gasteiger partial charge is 0.277 e. The van der Waals surface area contributed by atoms with E-state index in [1.54, 1.807) is 18.2 Å². The van der Waals surface area contributed by atoms with Crippen molar-refractivity contribution in [2.75, 3.05) is 5.32 Å². The van der Waals surface area contributed by atoms with Gasteiger partial charge in [0.25, 0.3) is 11.8 Å². The van der Waals surface area contributed by atoms with Gasteiger partial charge in [-0.3, -0.25) is 9.59 Å². The molecule has 1 aromatic heterocycles. The van der Waals surface area contributed by atoms with Crippen molar-refractivity contribution in [2.24, 2.45) is 5.73 Å². The molecule has 3 N–H and O–H groups in total.